The van der Waals surface area contributed by atoms with Gasteiger partial charge in [-0.25, -0.2) is 0 Å². The molecule has 5 rings (SSSR count). The number of benzene rings is 5. The number of halogens is 1. The Kier molecular flexibility index (Phi) is 10.8. The predicted molar refractivity (Wildman–Crippen MR) is 189 cm³/mol. The van der Waals surface area contributed by atoms with E-state index in [0.29, 0.717) is 50.7 Å². The van der Waals surface area contributed by atoms with Crippen molar-refractivity contribution < 1.29 is 28.7 Å². The fraction of sp³-hybridized carbons (Fsp3) is 0.128. The summed E-state index contributed by atoms with van der Waals surface area (Å²) >= 11 is 3.37. The van der Waals surface area contributed by atoms with Crippen molar-refractivity contribution in [2.24, 2.45) is 0 Å². The van der Waals surface area contributed by atoms with Crippen molar-refractivity contribution in [3.63, 3.8) is 0 Å². The molecule has 8 nitrogen and oxygen atoms in total. The molecule has 9 heteroatoms. The summed E-state index contributed by atoms with van der Waals surface area (Å²) in [6.45, 7) is 4.89. The number of ether oxygens (including phenoxy) is 2. The molecule has 0 aliphatic rings. The van der Waals surface area contributed by atoms with Crippen molar-refractivity contribution in [2.75, 3.05) is 23.8 Å². The number of hydrogen-bond acceptors (Lipinski definition) is 6. The SMILES string of the molecule is Cc1cc(C(=O)c2ccc(Br)cc2)ccc1OCC(=O)Nc1ccccc1NC(=O)COc1cc(C)c(C(=O)c2ccccc2)cc1C. The van der Waals surface area contributed by atoms with Gasteiger partial charge in [0.1, 0.15) is 11.5 Å². The van der Waals surface area contributed by atoms with Crippen LogP contribution in [-0.4, -0.2) is 36.6 Å². The summed E-state index contributed by atoms with van der Waals surface area (Å²) in [5.74, 6) is -0.0909. The Balaban J connectivity index is 1.15. The molecule has 48 heavy (non-hydrogen) atoms. The standard InChI is InChI=1S/C39H33BrN2O6/c1-24-21-35(26(3)20-31(24)39(46)27-9-5-4-6-10-27)48-23-37(44)42-33-12-8-7-11-32(33)41-36(43)22-47-34-18-15-29(19-25(34)2)38(45)28-13-16-30(40)17-14-28/h4-21H,22-23H2,1-3H3,(H,41,43)(H,42,44). The lowest BCUT2D eigenvalue weighted by Crippen LogP contribution is -2.24. The molecule has 0 fully saturated rings. The quantitative estimate of drug-likeness (QED) is 0.128. The number of nitrogens with one attached hydrogen (secondary N) is 2. The molecule has 0 radical (unpaired) electrons. The summed E-state index contributed by atoms with van der Waals surface area (Å²) < 4.78 is 12.4. The third-order valence-electron chi connectivity index (χ3n) is 7.54. The number of aryl methyl sites for hydroxylation is 3. The number of hydrogen-bond donors (Lipinski definition) is 2. The van der Waals surface area contributed by atoms with E-state index in [2.05, 4.69) is 26.6 Å². The molecule has 0 spiro atoms. The second-order valence-electron chi connectivity index (χ2n) is 11.2. The summed E-state index contributed by atoms with van der Waals surface area (Å²) in [5, 5.41) is 5.55. The van der Waals surface area contributed by atoms with Crippen molar-refractivity contribution in [1.82, 2.24) is 0 Å². The van der Waals surface area contributed by atoms with Gasteiger partial charge >= 0.3 is 0 Å². The largest absolute Gasteiger partial charge is 0.483 e. The van der Waals surface area contributed by atoms with Crippen LogP contribution < -0.4 is 20.1 Å². The number of ketones is 2. The van der Waals surface area contributed by atoms with Crippen LogP contribution >= 0.6 is 15.9 Å². The molecule has 0 aliphatic heterocycles. The minimum Gasteiger partial charge on any atom is -0.483 e. The maximum absolute atomic E-state index is 13.0. The van der Waals surface area contributed by atoms with Crippen LogP contribution in [0.25, 0.3) is 0 Å². The van der Waals surface area contributed by atoms with Crippen LogP contribution in [-0.2, 0) is 9.59 Å². The Bertz CT molecular complexity index is 1990. The van der Waals surface area contributed by atoms with Gasteiger partial charge in [0, 0.05) is 26.7 Å². The molecule has 5 aromatic rings. The van der Waals surface area contributed by atoms with Crippen LogP contribution in [0.1, 0.15) is 48.5 Å². The van der Waals surface area contributed by atoms with Gasteiger partial charge in [-0.1, -0.05) is 58.4 Å². The molecule has 0 saturated heterocycles. The van der Waals surface area contributed by atoms with Gasteiger partial charge in [-0.05, 0) is 104 Å². The molecule has 0 aliphatic carbocycles. The molecule has 0 bridgehead atoms. The van der Waals surface area contributed by atoms with Gasteiger partial charge in [0.05, 0.1) is 11.4 Å². The average Bonchev–Trinajstić information content (AvgIpc) is 3.09. The van der Waals surface area contributed by atoms with E-state index >= 15 is 0 Å². The van der Waals surface area contributed by atoms with Gasteiger partial charge in [0.15, 0.2) is 24.8 Å². The lowest BCUT2D eigenvalue weighted by Gasteiger charge is -2.15. The highest BCUT2D eigenvalue weighted by Gasteiger charge is 2.17. The van der Waals surface area contributed by atoms with E-state index in [4.69, 9.17) is 9.47 Å². The van der Waals surface area contributed by atoms with Crippen molar-refractivity contribution in [3.05, 3.63) is 153 Å². The Morgan fingerprint density at radius 2 is 1.06 bits per heavy atom. The molecular formula is C39H33BrN2O6. The minimum absolute atomic E-state index is 0.0818. The zero-order valence-electron chi connectivity index (χ0n) is 26.6. The summed E-state index contributed by atoms with van der Waals surface area (Å²) in [5.41, 5.74) is 5.21. The highest BCUT2D eigenvalue weighted by molar-refractivity contribution is 9.10. The van der Waals surface area contributed by atoms with Gasteiger partial charge in [0.2, 0.25) is 0 Å². The van der Waals surface area contributed by atoms with Crippen LogP contribution in [0.15, 0.2) is 114 Å². The van der Waals surface area contributed by atoms with Crippen LogP contribution in [0.5, 0.6) is 11.5 Å². The first kappa shape index (κ1) is 33.8. The smallest absolute Gasteiger partial charge is 0.262 e. The third-order valence-corrected chi connectivity index (χ3v) is 8.07. The van der Waals surface area contributed by atoms with Crippen LogP contribution in [0.3, 0.4) is 0 Å². The molecular weight excluding hydrogens is 672 g/mol. The Morgan fingerprint density at radius 3 is 1.67 bits per heavy atom. The number of carbonyl (C=O) groups is 4. The number of anilines is 2. The summed E-state index contributed by atoms with van der Waals surface area (Å²) in [6, 6.07) is 31.6. The Hall–Kier alpha value is -5.54. The molecule has 5 aromatic carbocycles. The first-order valence-corrected chi connectivity index (χ1v) is 15.9. The Morgan fingerprint density at radius 1 is 0.542 bits per heavy atom. The maximum atomic E-state index is 13.0. The summed E-state index contributed by atoms with van der Waals surface area (Å²) in [4.78, 5) is 51.5. The van der Waals surface area contributed by atoms with E-state index in [9.17, 15) is 19.2 Å². The topological polar surface area (TPSA) is 111 Å². The highest BCUT2D eigenvalue weighted by atomic mass is 79.9. The normalized spacial score (nSPS) is 10.6. The fourth-order valence-corrected chi connectivity index (χ4v) is 5.28. The second kappa shape index (κ2) is 15.4. The second-order valence-corrected chi connectivity index (χ2v) is 12.1. The van der Waals surface area contributed by atoms with E-state index in [-0.39, 0.29) is 24.8 Å². The highest BCUT2D eigenvalue weighted by Crippen LogP contribution is 2.26. The predicted octanol–water partition coefficient (Wildman–Crippen LogP) is 7.87. The van der Waals surface area contributed by atoms with Crippen LogP contribution in [0.2, 0.25) is 0 Å². The van der Waals surface area contributed by atoms with Gasteiger partial charge in [0.25, 0.3) is 11.8 Å². The zero-order chi connectivity index (χ0) is 34.2. The fourth-order valence-electron chi connectivity index (χ4n) is 5.02. The molecule has 0 saturated carbocycles. The minimum atomic E-state index is -0.432. The van der Waals surface area contributed by atoms with E-state index in [1.807, 2.05) is 44.2 Å². The number of amides is 2. The maximum Gasteiger partial charge on any atom is 0.262 e. The van der Waals surface area contributed by atoms with E-state index < -0.39 is 11.8 Å². The lowest BCUT2D eigenvalue weighted by atomic mass is 9.97. The van der Waals surface area contributed by atoms with Crippen molar-refractivity contribution in [1.29, 1.82) is 0 Å². The van der Waals surface area contributed by atoms with Gasteiger partial charge in [-0.3, -0.25) is 19.2 Å². The van der Waals surface area contributed by atoms with E-state index in [1.165, 1.54) is 0 Å². The first-order chi connectivity index (χ1) is 23.1. The lowest BCUT2D eigenvalue weighted by molar-refractivity contribution is -0.119. The summed E-state index contributed by atoms with van der Waals surface area (Å²) in [7, 11) is 0. The van der Waals surface area contributed by atoms with Crippen molar-refractivity contribution >= 4 is 50.7 Å². The Labute approximate surface area is 287 Å². The van der Waals surface area contributed by atoms with Gasteiger partial charge in [-0.2, -0.15) is 0 Å². The van der Waals surface area contributed by atoms with Crippen molar-refractivity contribution in [3.8, 4) is 11.5 Å². The number of rotatable bonds is 12. The molecule has 0 aromatic heterocycles. The van der Waals surface area contributed by atoms with Crippen LogP contribution in [0.4, 0.5) is 11.4 Å². The molecule has 0 unspecified atom stereocenters. The first-order valence-electron chi connectivity index (χ1n) is 15.2. The van der Waals surface area contributed by atoms with Gasteiger partial charge < -0.3 is 20.1 Å². The summed E-state index contributed by atoms with van der Waals surface area (Å²) in [6.07, 6.45) is 0. The van der Waals surface area contributed by atoms with E-state index in [0.717, 1.165) is 15.6 Å². The number of carbonyl (C=O) groups excluding carboxylic acids is 4. The monoisotopic (exact) mass is 704 g/mol. The molecule has 0 heterocycles. The number of para-hydroxylation sites is 2. The van der Waals surface area contributed by atoms with Crippen LogP contribution in [0, 0.1) is 20.8 Å². The molecule has 0 atom stereocenters. The van der Waals surface area contributed by atoms with Gasteiger partial charge in [-0.15, -0.1) is 0 Å². The van der Waals surface area contributed by atoms with E-state index in [1.54, 1.807) is 85.8 Å². The molecule has 242 valence electrons. The van der Waals surface area contributed by atoms with Crippen molar-refractivity contribution in [2.45, 2.75) is 20.8 Å². The molecule has 2 amide bonds. The average molecular weight is 706 g/mol. The molecule has 2 N–H and O–H groups in total. The zero-order valence-corrected chi connectivity index (χ0v) is 28.2. The third kappa shape index (κ3) is 8.43.